The molecule has 2 amide bonds. The van der Waals surface area contributed by atoms with E-state index in [0.717, 1.165) is 11.3 Å². The molecule has 0 aliphatic carbocycles. The molecule has 162 valence electrons. The van der Waals surface area contributed by atoms with Gasteiger partial charge in [-0.25, -0.2) is 0 Å². The lowest BCUT2D eigenvalue weighted by atomic mass is 9.90. The molecule has 2 aliphatic rings. The summed E-state index contributed by atoms with van der Waals surface area (Å²) in [6.45, 7) is 9.98. The van der Waals surface area contributed by atoms with Gasteiger partial charge in [0, 0.05) is 37.7 Å². The van der Waals surface area contributed by atoms with Crippen molar-refractivity contribution in [1.29, 1.82) is 0 Å². The Kier molecular flexibility index (Phi) is 5.56. The van der Waals surface area contributed by atoms with Crippen LogP contribution in [0.4, 0.5) is 0 Å². The lowest BCUT2D eigenvalue weighted by molar-refractivity contribution is -0.130. The standard InChI is InChI=1S/C25H30N4O2/c1-17(2)21-20-22(27-13-14-28(21)23(30)19-11-8-12-26-15-19)25(3,4)29(24(20)31)16-18-9-6-5-7-10-18/h5-12,15,17,21,27H,13-14,16H2,1-4H3. The van der Waals surface area contributed by atoms with Gasteiger partial charge in [-0.3, -0.25) is 14.6 Å². The van der Waals surface area contributed by atoms with Crippen LogP contribution in [0.5, 0.6) is 0 Å². The van der Waals surface area contributed by atoms with Crippen LogP contribution in [-0.2, 0) is 11.3 Å². The minimum Gasteiger partial charge on any atom is -0.384 e. The van der Waals surface area contributed by atoms with E-state index < -0.39 is 5.54 Å². The second kappa shape index (κ2) is 8.17. The summed E-state index contributed by atoms with van der Waals surface area (Å²) in [5.74, 6) is -0.00245. The van der Waals surface area contributed by atoms with Crippen molar-refractivity contribution in [3.8, 4) is 0 Å². The van der Waals surface area contributed by atoms with Gasteiger partial charge in [-0.15, -0.1) is 0 Å². The maximum absolute atomic E-state index is 13.8. The molecule has 3 heterocycles. The molecule has 0 radical (unpaired) electrons. The first-order valence-corrected chi connectivity index (χ1v) is 10.9. The van der Waals surface area contributed by atoms with Gasteiger partial charge in [-0.05, 0) is 37.5 Å². The molecule has 2 aliphatic heterocycles. The van der Waals surface area contributed by atoms with Gasteiger partial charge >= 0.3 is 0 Å². The highest BCUT2D eigenvalue weighted by Gasteiger charge is 2.50. The molecule has 6 nitrogen and oxygen atoms in total. The van der Waals surface area contributed by atoms with Gasteiger partial charge in [0.2, 0.25) is 0 Å². The Bertz CT molecular complexity index is 999. The SMILES string of the molecule is CC(C)C1C2=C(NCCN1C(=O)c1cccnc1)C(C)(C)N(Cc1ccccc1)C2=O. The van der Waals surface area contributed by atoms with E-state index in [4.69, 9.17) is 0 Å². The third kappa shape index (κ3) is 3.71. The highest BCUT2D eigenvalue weighted by molar-refractivity contribution is 6.02. The van der Waals surface area contributed by atoms with Gasteiger partial charge in [0.25, 0.3) is 11.8 Å². The lowest BCUT2D eigenvalue weighted by Crippen LogP contribution is -2.50. The lowest BCUT2D eigenvalue weighted by Gasteiger charge is -2.36. The molecule has 6 heteroatoms. The average Bonchev–Trinajstić information content (AvgIpc) is 2.92. The van der Waals surface area contributed by atoms with Crippen LogP contribution in [0, 0.1) is 5.92 Å². The maximum atomic E-state index is 13.8. The number of nitrogens with one attached hydrogen (secondary N) is 1. The maximum Gasteiger partial charge on any atom is 0.256 e. The summed E-state index contributed by atoms with van der Waals surface area (Å²) in [7, 11) is 0. The van der Waals surface area contributed by atoms with Crippen LogP contribution in [0.1, 0.15) is 43.6 Å². The van der Waals surface area contributed by atoms with Crippen molar-refractivity contribution in [2.45, 2.75) is 45.8 Å². The topological polar surface area (TPSA) is 65.5 Å². The van der Waals surface area contributed by atoms with E-state index in [-0.39, 0.29) is 23.8 Å². The van der Waals surface area contributed by atoms with Gasteiger partial charge in [0.05, 0.1) is 22.7 Å². The molecule has 0 bridgehead atoms. The predicted octanol–water partition coefficient (Wildman–Crippen LogP) is 3.23. The highest BCUT2D eigenvalue weighted by Crippen LogP contribution is 2.40. The third-order valence-electron chi connectivity index (χ3n) is 6.30. The van der Waals surface area contributed by atoms with Gasteiger partial charge in [-0.1, -0.05) is 44.2 Å². The molecular formula is C25H30N4O2. The molecule has 0 fully saturated rings. The molecule has 1 N–H and O–H groups in total. The van der Waals surface area contributed by atoms with Crippen molar-refractivity contribution in [3.05, 3.63) is 77.3 Å². The summed E-state index contributed by atoms with van der Waals surface area (Å²) in [6.07, 6.45) is 3.25. The Balaban J connectivity index is 1.73. The number of amides is 2. The molecule has 1 unspecified atom stereocenters. The molecule has 0 spiro atoms. The molecule has 0 saturated heterocycles. The number of carbonyl (C=O) groups excluding carboxylic acids is 2. The molecular weight excluding hydrogens is 388 g/mol. The zero-order valence-corrected chi connectivity index (χ0v) is 18.6. The second-order valence-electron chi connectivity index (χ2n) is 9.08. The van der Waals surface area contributed by atoms with E-state index in [1.807, 2.05) is 40.1 Å². The quantitative estimate of drug-likeness (QED) is 0.828. The summed E-state index contributed by atoms with van der Waals surface area (Å²) in [5.41, 5.74) is 2.80. The average molecular weight is 419 g/mol. The summed E-state index contributed by atoms with van der Waals surface area (Å²) in [6, 6.07) is 13.3. The molecule has 2 aromatic rings. The van der Waals surface area contributed by atoms with Gasteiger partial charge in [-0.2, -0.15) is 0 Å². The second-order valence-corrected chi connectivity index (χ2v) is 9.08. The molecule has 1 aromatic heterocycles. The predicted molar refractivity (Wildman–Crippen MR) is 120 cm³/mol. The van der Waals surface area contributed by atoms with Crippen LogP contribution in [0.3, 0.4) is 0 Å². The summed E-state index contributed by atoms with van der Waals surface area (Å²) < 4.78 is 0. The molecule has 1 aromatic carbocycles. The van der Waals surface area contributed by atoms with E-state index in [1.54, 1.807) is 24.5 Å². The van der Waals surface area contributed by atoms with Crippen molar-refractivity contribution in [2.24, 2.45) is 5.92 Å². The van der Waals surface area contributed by atoms with Crippen LogP contribution in [-0.4, -0.2) is 51.3 Å². The Hall–Kier alpha value is -3.15. The van der Waals surface area contributed by atoms with Crippen molar-refractivity contribution in [2.75, 3.05) is 13.1 Å². The van der Waals surface area contributed by atoms with E-state index in [9.17, 15) is 9.59 Å². The third-order valence-corrected chi connectivity index (χ3v) is 6.30. The first-order chi connectivity index (χ1) is 14.8. The van der Waals surface area contributed by atoms with Crippen LogP contribution < -0.4 is 5.32 Å². The molecule has 31 heavy (non-hydrogen) atoms. The van der Waals surface area contributed by atoms with Crippen LogP contribution in [0.2, 0.25) is 0 Å². The van der Waals surface area contributed by atoms with Crippen molar-refractivity contribution in [1.82, 2.24) is 20.1 Å². The number of aromatic nitrogens is 1. The molecule has 0 saturated carbocycles. The Labute approximate surface area is 184 Å². The van der Waals surface area contributed by atoms with E-state index in [0.29, 0.717) is 30.8 Å². The largest absolute Gasteiger partial charge is 0.384 e. The smallest absolute Gasteiger partial charge is 0.256 e. The van der Waals surface area contributed by atoms with E-state index >= 15 is 0 Å². The first kappa shape index (κ1) is 21.1. The van der Waals surface area contributed by atoms with Crippen LogP contribution in [0.25, 0.3) is 0 Å². The van der Waals surface area contributed by atoms with Crippen molar-refractivity contribution in [3.63, 3.8) is 0 Å². The van der Waals surface area contributed by atoms with E-state index in [1.165, 1.54) is 0 Å². The van der Waals surface area contributed by atoms with Gasteiger partial charge < -0.3 is 15.1 Å². The Morgan fingerprint density at radius 3 is 2.58 bits per heavy atom. The number of pyridine rings is 1. The number of nitrogens with zero attached hydrogens (tertiary/aromatic N) is 3. The number of hydrogen-bond donors (Lipinski definition) is 1. The van der Waals surface area contributed by atoms with Crippen LogP contribution >= 0.6 is 0 Å². The minimum atomic E-state index is -0.483. The fraction of sp³-hybridized carbons (Fsp3) is 0.400. The molecule has 4 rings (SSSR count). The number of rotatable bonds is 4. The normalized spacial score (nSPS) is 20.5. The zero-order chi connectivity index (χ0) is 22.2. The zero-order valence-electron chi connectivity index (χ0n) is 18.6. The monoisotopic (exact) mass is 418 g/mol. The first-order valence-electron chi connectivity index (χ1n) is 10.9. The number of hydrogen-bond acceptors (Lipinski definition) is 4. The Morgan fingerprint density at radius 2 is 1.94 bits per heavy atom. The fourth-order valence-electron chi connectivity index (χ4n) is 4.76. The van der Waals surface area contributed by atoms with Crippen molar-refractivity contribution < 1.29 is 9.59 Å². The van der Waals surface area contributed by atoms with Crippen LogP contribution in [0.15, 0.2) is 66.1 Å². The Morgan fingerprint density at radius 1 is 1.19 bits per heavy atom. The van der Waals surface area contributed by atoms with E-state index in [2.05, 4.69) is 38.0 Å². The number of benzene rings is 1. The number of carbonyl (C=O) groups is 2. The summed E-state index contributed by atoms with van der Waals surface area (Å²) in [4.78, 5) is 35.1. The highest BCUT2D eigenvalue weighted by atomic mass is 16.2. The van der Waals surface area contributed by atoms with Gasteiger partial charge in [0.15, 0.2) is 0 Å². The van der Waals surface area contributed by atoms with Crippen molar-refractivity contribution >= 4 is 11.8 Å². The fourth-order valence-corrected chi connectivity index (χ4v) is 4.76. The summed E-state index contributed by atoms with van der Waals surface area (Å²) in [5, 5.41) is 3.51. The van der Waals surface area contributed by atoms with Gasteiger partial charge in [0.1, 0.15) is 0 Å². The minimum absolute atomic E-state index is 0.000870. The summed E-state index contributed by atoms with van der Waals surface area (Å²) >= 11 is 0. The molecule has 1 atom stereocenters.